The van der Waals surface area contributed by atoms with E-state index in [-0.39, 0.29) is 6.29 Å². The molecule has 4 nitrogen and oxygen atoms in total. The predicted molar refractivity (Wildman–Crippen MR) is 88.4 cm³/mol. The highest BCUT2D eigenvalue weighted by Crippen LogP contribution is 2.29. The topological polar surface area (TPSA) is 36.3 Å². The zero-order chi connectivity index (χ0) is 15.4. The molecule has 0 saturated heterocycles. The zero-order valence-electron chi connectivity index (χ0n) is 12.6. The van der Waals surface area contributed by atoms with Crippen molar-refractivity contribution in [2.45, 2.75) is 23.9 Å². The molecule has 2 rings (SSSR count). The summed E-state index contributed by atoms with van der Waals surface area (Å²) in [6, 6.07) is 8.23. The maximum Gasteiger partial charge on any atom is 0.183 e. The Morgan fingerprint density at radius 2 is 1.86 bits per heavy atom. The zero-order valence-corrected chi connectivity index (χ0v) is 15.0. The molecular weight excluding hydrogens is 352 g/mol. The summed E-state index contributed by atoms with van der Waals surface area (Å²) in [4.78, 5) is 1.20. The Bertz CT molecular complexity index is 594. The van der Waals surface area contributed by atoms with Gasteiger partial charge in [-0.05, 0) is 35.0 Å². The van der Waals surface area contributed by atoms with E-state index >= 15 is 0 Å². The highest BCUT2D eigenvalue weighted by molar-refractivity contribution is 9.10. The number of rotatable bonds is 6. The Morgan fingerprint density at radius 3 is 2.33 bits per heavy atom. The standard InChI is InChI=1S/C15H19BrN2O2S/c1-10-14(16)13(18(2)17-10)9-21-12-7-5-11(6-8-12)15(19-3)20-4/h5-8,15H,9H2,1-4H3. The summed E-state index contributed by atoms with van der Waals surface area (Å²) < 4.78 is 13.5. The van der Waals surface area contributed by atoms with E-state index in [4.69, 9.17) is 9.47 Å². The molecule has 0 bridgehead atoms. The Balaban J connectivity index is 2.04. The first-order valence-electron chi connectivity index (χ1n) is 6.53. The number of thioether (sulfide) groups is 1. The van der Waals surface area contributed by atoms with Crippen molar-refractivity contribution >= 4 is 27.7 Å². The molecule has 0 aliphatic carbocycles. The molecule has 0 radical (unpaired) electrons. The molecule has 1 aromatic heterocycles. The van der Waals surface area contributed by atoms with Gasteiger partial charge in [0.1, 0.15) is 0 Å². The van der Waals surface area contributed by atoms with Crippen molar-refractivity contribution in [3.63, 3.8) is 0 Å². The van der Waals surface area contributed by atoms with Gasteiger partial charge in [-0.25, -0.2) is 0 Å². The molecule has 6 heteroatoms. The van der Waals surface area contributed by atoms with E-state index < -0.39 is 0 Å². The number of ether oxygens (including phenoxy) is 2. The molecule has 1 heterocycles. The van der Waals surface area contributed by atoms with Crippen molar-refractivity contribution in [3.8, 4) is 0 Å². The third-order valence-electron chi connectivity index (χ3n) is 3.22. The predicted octanol–water partition coefficient (Wildman–Crippen LogP) is 4.07. The van der Waals surface area contributed by atoms with Crippen molar-refractivity contribution in [2.75, 3.05) is 14.2 Å². The van der Waals surface area contributed by atoms with Crippen LogP contribution in [0.2, 0.25) is 0 Å². The lowest BCUT2D eigenvalue weighted by Gasteiger charge is -2.13. The molecule has 0 unspecified atom stereocenters. The SMILES string of the molecule is COC(OC)c1ccc(SCc2c(Br)c(C)nn2C)cc1. The van der Waals surface area contributed by atoms with Gasteiger partial charge in [0, 0.05) is 37.5 Å². The lowest BCUT2D eigenvalue weighted by molar-refractivity contribution is -0.106. The van der Waals surface area contributed by atoms with Gasteiger partial charge < -0.3 is 9.47 Å². The summed E-state index contributed by atoms with van der Waals surface area (Å²) in [5.41, 5.74) is 3.22. The smallest absolute Gasteiger partial charge is 0.183 e. The normalized spacial score (nSPS) is 11.3. The molecule has 0 fully saturated rings. The van der Waals surface area contributed by atoms with E-state index in [0.29, 0.717) is 0 Å². The Kier molecular flexibility index (Phi) is 5.87. The minimum absolute atomic E-state index is 0.307. The van der Waals surface area contributed by atoms with E-state index in [1.807, 2.05) is 30.8 Å². The molecule has 21 heavy (non-hydrogen) atoms. The second-order valence-electron chi connectivity index (χ2n) is 4.63. The van der Waals surface area contributed by atoms with Gasteiger partial charge in [-0.1, -0.05) is 12.1 Å². The third kappa shape index (κ3) is 3.88. The fourth-order valence-electron chi connectivity index (χ4n) is 2.08. The average Bonchev–Trinajstić information content (AvgIpc) is 2.73. The van der Waals surface area contributed by atoms with E-state index in [9.17, 15) is 0 Å². The molecule has 0 amide bonds. The molecular formula is C15H19BrN2O2S. The summed E-state index contributed by atoms with van der Waals surface area (Å²) in [6.45, 7) is 2.00. The molecule has 0 aliphatic rings. The highest BCUT2D eigenvalue weighted by Gasteiger charge is 2.12. The third-order valence-corrected chi connectivity index (χ3v) is 5.27. The fraction of sp³-hybridized carbons (Fsp3) is 0.400. The van der Waals surface area contributed by atoms with Crippen LogP contribution >= 0.6 is 27.7 Å². The maximum atomic E-state index is 5.24. The van der Waals surface area contributed by atoms with Gasteiger partial charge in [0.05, 0.1) is 15.9 Å². The lowest BCUT2D eigenvalue weighted by atomic mass is 10.2. The summed E-state index contributed by atoms with van der Waals surface area (Å²) in [5, 5.41) is 4.41. The molecule has 0 N–H and O–H groups in total. The first-order chi connectivity index (χ1) is 10.1. The number of methoxy groups -OCH3 is 2. The van der Waals surface area contributed by atoms with Gasteiger partial charge in [-0.3, -0.25) is 4.68 Å². The van der Waals surface area contributed by atoms with E-state index in [2.05, 4.69) is 33.2 Å². The number of hydrogen-bond acceptors (Lipinski definition) is 4. The summed E-state index contributed by atoms with van der Waals surface area (Å²) in [7, 11) is 5.25. The first kappa shape index (κ1) is 16.5. The monoisotopic (exact) mass is 370 g/mol. The minimum atomic E-state index is -0.307. The van der Waals surface area contributed by atoms with Crippen LogP contribution in [0, 0.1) is 6.92 Å². The van der Waals surface area contributed by atoms with Crippen molar-refractivity contribution < 1.29 is 9.47 Å². The lowest BCUT2D eigenvalue weighted by Crippen LogP contribution is -2.03. The van der Waals surface area contributed by atoms with Gasteiger partial charge in [0.15, 0.2) is 6.29 Å². The van der Waals surface area contributed by atoms with E-state index in [0.717, 1.165) is 21.5 Å². The Morgan fingerprint density at radius 1 is 1.24 bits per heavy atom. The number of halogens is 1. The van der Waals surface area contributed by atoms with Crippen LogP contribution in [0.15, 0.2) is 33.6 Å². The number of hydrogen-bond donors (Lipinski definition) is 0. The number of aromatic nitrogens is 2. The van der Waals surface area contributed by atoms with Crippen molar-refractivity contribution in [2.24, 2.45) is 7.05 Å². The van der Waals surface area contributed by atoms with Crippen molar-refractivity contribution in [3.05, 3.63) is 45.7 Å². The number of aryl methyl sites for hydroxylation is 2. The molecule has 0 atom stereocenters. The van der Waals surface area contributed by atoms with Gasteiger partial charge in [-0.15, -0.1) is 11.8 Å². The van der Waals surface area contributed by atoms with Crippen LogP contribution in [0.5, 0.6) is 0 Å². The Hall–Kier alpha value is -0.820. The number of benzene rings is 1. The molecule has 0 aliphatic heterocycles. The Labute approximate surface area is 138 Å². The van der Waals surface area contributed by atoms with Crippen LogP contribution < -0.4 is 0 Å². The fourth-order valence-corrected chi connectivity index (χ4v) is 3.70. The molecule has 0 saturated carbocycles. The van der Waals surface area contributed by atoms with Gasteiger partial charge in [0.25, 0.3) is 0 Å². The van der Waals surface area contributed by atoms with Crippen LogP contribution in [-0.4, -0.2) is 24.0 Å². The second-order valence-corrected chi connectivity index (χ2v) is 6.47. The first-order valence-corrected chi connectivity index (χ1v) is 8.31. The summed E-state index contributed by atoms with van der Waals surface area (Å²) >= 11 is 5.37. The van der Waals surface area contributed by atoms with Crippen LogP contribution in [0.3, 0.4) is 0 Å². The molecule has 2 aromatic rings. The largest absolute Gasteiger partial charge is 0.352 e. The summed E-state index contributed by atoms with van der Waals surface area (Å²) in [6.07, 6.45) is -0.307. The number of nitrogens with zero attached hydrogens (tertiary/aromatic N) is 2. The molecule has 114 valence electrons. The maximum absolute atomic E-state index is 5.24. The molecule has 1 aromatic carbocycles. The van der Waals surface area contributed by atoms with Crippen molar-refractivity contribution in [1.82, 2.24) is 9.78 Å². The summed E-state index contributed by atoms with van der Waals surface area (Å²) in [5.74, 6) is 0.870. The van der Waals surface area contributed by atoms with Gasteiger partial charge >= 0.3 is 0 Å². The molecule has 0 spiro atoms. The van der Waals surface area contributed by atoms with E-state index in [1.165, 1.54) is 10.6 Å². The van der Waals surface area contributed by atoms with Crippen LogP contribution in [-0.2, 0) is 22.3 Å². The van der Waals surface area contributed by atoms with Crippen LogP contribution in [0.4, 0.5) is 0 Å². The average molecular weight is 371 g/mol. The van der Waals surface area contributed by atoms with Gasteiger partial charge in [-0.2, -0.15) is 5.10 Å². The highest BCUT2D eigenvalue weighted by atomic mass is 79.9. The second kappa shape index (κ2) is 7.45. The van der Waals surface area contributed by atoms with E-state index in [1.54, 1.807) is 26.0 Å². The van der Waals surface area contributed by atoms with Gasteiger partial charge in [0.2, 0.25) is 0 Å². The quantitative estimate of drug-likeness (QED) is 0.567. The van der Waals surface area contributed by atoms with Crippen molar-refractivity contribution in [1.29, 1.82) is 0 Å². The van der Waals surface area contributed by atoms with Crippen LogP contribution in [0.1, 0.15) is 23.2 Å². The van der Waals surface area contributed by atoms with Crippen LogP contribution in [0.25, 0.3) is 0 Å². The minimum Gasteiger partial charge on any atom is -0.352 e.